The summed E-state index contributed by atoms with van der Waals surface area (Å²) in [5.41, 5.74) is 6.55. The highest BCUT2D eigenvalue weighted by atomic mass is 16.5. The number of hydrogen-bond acceptors (Lipinski definition) is 5. The molecule has 0 saturated heterocycles. The molecular weight excluding hydrogens is 208 g/mol. The van der Waals surface area contributed by atoms with Crippen LogP contribution in [0.2, 0.25) is 0 Å². The van der Waals surface area contributed by atoms with E-state index in [1.807, 2.05) is 7.05 Å². The Morgan fingerprint density at radius 1 is 1.31 bits per heavy atom. The first-order valence-corrected chi connectivity index (χ1v) is 5.21. The molecular formula is C10H20N4O2. The van der Waals surface area contributed by atoms with Crippen LogP contribution in [0.4, 0.5) is 11.5 Å². The third kappa shape index (κ3) is 3.39. The van der Waals surface area contributed by atoms with Crippen molar-refractivity contribution in [1.82, 2.24) is 9.78 Å². The number of rotatable bonds is 7. The molecule has 92 valence electrons. The monoisotopic (exact) mass is 228 g/mol. The first kappa shape index (κ1) is 12.8. The second kappa shape index (κ2) is 6.34. The van der Waals surface area contributed by atoms with Crippen LogP contribution in [0, 0.1) is 0 Å². The lowest BCUT2D eigenvalue weighted by Crippen LogP contribution is -2.31. The third-order valence-electron chi connectivity index (χ3n) is 2.27. The minimum atomic E-state index is 0.639. The molecule has 0 aromatic carbocycles. The van der Waals surface area contributed by atoms with E-state index in [9.17, 15) is 0 Å². The summed E-state index contributed by atoms with van der Waals surface area (Å²) in [5.74, 6) is 0.789. The maximum Gasteiger partial charge on any atom is 0.174 e. The number of hydrogen-bond donors (Lipinski definition) is 1. The highest BCUT2D eigenvalue weighted by Crippen LogP contribution is 2.19. The number of methoxy groups -OCH3 is 2. The minimum absolute atomic E-state index is 0.639. The van der Waals surface area contributed by atoms with E-state index >= 15 is 0 Å². The molecule has 1 aromatic rings. The normalized spacial score (nSPS) is 10.7. The van der Waals surface area contributed by atoms with Crippen molar-refractivity contribution in [3.63, 3.8) is 0 Å². The predicted molar refractivity (Wildman–Crippen MR) is 63.6 cm³/mol. The van der Waals surface area contributed by atoms with Gasteiger partial charge in [0.05, 0.1) is 18.9 Å². The Morgan fingerprint density at radius 2 is 1.88 bits per heavy atom. The van der Waals surface area contributed by atoms with Gasteiger partial charge in [0.2, 0.25) is 0 Å². The minimum Gasteiger partial charge on any atom is -0.394 e. The largest absolute Gasteiger partial charge is 0.394 e. The molecule has 0 aliphatic rings. The lowest BCUT2D eigenvalue weighted by Gasteiger charge is -2.22. The maximum atomic E-state index is 5.88. The number of ether oxygens (including phenoxy) is 2. The van der Waals surface area contributed by atoms with Gasteiger partial charge in [-0.2, -0.15) is 5.10 Å². The number of nitrogen functional groups attached to an aromatic ring is 1. The Labute approximate surface area is 95.9 Å². The standard InChI is InChI=1S/C10H20N4O2/c1-13-8-9(11)10(12-13)14(4-6-15-2)5-7-16-3/h8H,4-7,11H2,1-3H3. The van der Waals surface area contributed by atoms with Crippen LogP contribution in [0.25, 0.3) is 0 Å². The zero-order valence-electron chi connectivity index (χ0n) is 10.1. The molecule has 0 aliphatic heterocycles. The van der Waals surface area contributed by atoms with Crippen LogP contribution in [0.1, 0.15) is 0 Å². The van der Waals surface area contributed by atoms with Gasteiger partial charge in [0.25, 0.3) is 0 Å². The van der Waals surface area contributed by atoms with Gasteiger partial charge in [-0.05, 0) is 0 Å². The fraction of sp³-hybridized carbons (Fsp3) is 0.700. The van der Waals surface area contributed by atoms with E-state index in [0.29, 0.717) is 18.9 Å². The molecule has 1 rings (SSSR count). The average Bonchev–Trinajstić information content (AvgIpc) is 2.58. The molecule has 0 bridgehead atoms. The van der Waals surface area contributed by atoms with Crippen molar-refractivity contribution in [2.75, 3.05) is 51.2 Å². The van der Waals surface area contributed by atoms with E-state index in [0.717, 1.165) is 18.9 Å². The molecule has 0 radical (unpaired) electrons. The van der Waals surface area contributed by atoms with Crippen molar-refractivity contribution in [3.05, 3.63) is 6.20 Å². The number of nitrogens with two attached hydrogens (primary N) is 1. The van der Waals surface area contributed by atoms with Gasteiger partial charge in [-0.3, -0.25) is 4.68 Å². The lowest BCUT2D eigenvalue weighted by molar-refractivity contribution is 0.190. The summed E-state index contributed by atoms with van der Waals surface area (Å²) in [5, 5.41) is 4.32. The Kier molecular flexibility index (Phi) is 5.07. The summed E-state index contributed by atoms with van der Waals surface area (Å²) in [6.45, 7) is 2.78. The topological polar surface area (TPSA) is 65.5 Å². The summed E-state index contributed by atoms with van der Waals surface area (Å²) in [7, 11) is 5.21. The molecule has 6 heteroatoms. The summed E-state index contributed by atoms with van der Waals surface area (Å²) < 4.78 is 11.8. The van der Waals surface area contributed by atoms with Crippen LogP contribution < -0.4 is 10.6 Å². The lowest BCUT2D eigenvalue weighted by atomic mass is 10.4. The van der Waals surface area contributed by atoms with Gasteiger partial charge in [0.1, 0.15) is 0 Å². The number of nitrogens with zero attached hydrogens (tertiary/aromatic N) is 3. The highest BCUT2D eigenvalue weighted by Gasteiger charge is 2.13. The molecule has 1 heterocycles. The highest BCUT2D eigenvalue weighted by molar-refractivity contribution is 5.61. The van der Waals surface area contributed by atoms with Crippen molar-refractivity contribution < 1.29 is 9.47 Å². The van der Waals surface area contributed by atoms with Gasteiger partial charge in [-0.25, -0.2) is 0 Å². The first-order valence-electron chi connectivity index (χ1n) is 5.21. The van der Waals surface area contributed by atoms with Crippen molar-refractivity contribution in [2.45, 2.75) is 0 Å². The van der Waals surface area contributed by atoms with Gasteiger partial charge >= 0.3 is 0 Å². The predicted octanol–water partition coefficient (Wildman–Crippen LogP) is 0.102. The molecule has 16 heavy (non-hydrogen) atoms. The van der Waals surface area contributed by atoms with Gasteiger partial charge < -0.3 is 20.1 Å². The Hall–Kier alpha value is -1.27. The van der Waals surface area contributed by atoms with E-state index in [1.54, 1.807) is 25.1 Å². The Bertz CT molecular complexity index is 306. The van der Waals surface area contributed by atoms with Crippen LogP contribution >= 0.6 is 0 Å². The fourth-order valence-electron chi connectivity index (χ4n) is 1.47. The maximum absolute atomic E-state index is 5.88. The molecule has 2 N–H and O–H groups in total. The van der Waals surface area contributed by atoms with E-state index in [-0.39, 0.29) is 0 Å². The molecule has 0 aliphatic carbocycles. The number of aromatic nitrogens is 2. The number of aryl methyl sites for hydroxylation is 1. The van der Waals surface area contributed by atoms with Crippen molar-refractivity contribution in [1.29, 1.82) is 0 Å². The van der Waals surface area contributed by atoms with Crippen molar-refractivity contribution in [3.8, 4) is 0 Å². The van der Waals surface area contributed by atoms with E-state index in [4.69, 9.17) is 15.2 Å². The molecule has 0 atom stereocenters. The quantitative estimate of drug-likeness (QED) is 0.717. The van der Waals surface area contributed by atoms with Crippen LogP contribution in [0.5, 0.6) is 0 Å². The smallest absolute Gasteiger partial charge is 0.174 e. The average molecular weight is 228 g/mol. The second-order valence-corrected chi connectivity index (χ2v) is 3.55. The van der Waals surface area contributed by atoms with Gasteiger partial charge in [-0.15, -0.1) is 0 Å². The van der Waals surface area contributed by atoms with Crippen LogP contribution in [0.3, 0.4) is 0 Å². The van der Waals surface area contributed by atoms with Gasteiger partial charge in [0.15, 0.2) is 5.82 Å². The molecule has 0 spiro atoms. The fourth-order valence-corrected chi connectivity index (χ4v) is 1.47. The van der Waals surface area contributed by atoms with Crippen LogP contribution in [-0.2, 0) is 16.5 Å². The second-order valence-electron chi connectivity index (χ2n) is 3.55. The van der Waals surface area contributed by atoms with Crippen LogP contribution in [-0.4, -0.2) is 50.3 Å². The summed E-state index contributed by atoms with van der Waals surface area (Å²) in [6.07, 6.45) is 1.79. The zero-order chi connectivity index (χ0) is 12.0. The van der Waals surface area contributed by atoms with Crippen molar-refractivity contribution in [2.24, 2.45) is 7.05 Å². The zero-order valence-corrected chi connectivity index (χ0v) is 10.1. The van der Waals surface area contributed by atoms with E-state index in [1.165, 1.54) is 0 Å². The van der Waals surface area contributed by atoms with E-state index in [2.05, 4.69) is 10.00 Å². The molecule has 0 saturated carbocycles. The van der Waals surface area contributed by atoms with Gasteiger partial charge in [0, 0.05) is 40.6 Å². The van der Waals surface area contributed by atoms with Crippen LogP contribution in [0.15, 0.2) is 6.20 Å². The molecule has 0 amide bonds. The Morgan fingerprint density at radius 3 is 2.25 bits per heavy atom. The van der Waals surface area contributed by atoms with Crippen molar-refractivity contribution >= 4 is 11.5 Å². The molecule has 0 fully saturated rings. The first-order chi connectivity index (χ1) is 7.69. The van der Waals surface area contributed by atoms with E-state index < -0.39 is 0 Å². The summed E-state index contributed by atoms with van der Waals surface area (Å²) in [6, 6.07) is 0. The summed E-state index contributed by atoms with van der Waals surface area (Å²) >= 11 is 0. The third-order valence-corrected chi connectivity index (χ3v) is 2.27. The SMILES string of the molecule is COCCN(CCOC)c1nn(C)cc1N. The molecule has 6 nitrogen and oxygen atoms in total. The molecule has 1 aromatic heterocycles. The summed E-state index contributed by atoms with van der Waals surface area (Å²) in [4.78, 5) is 2.06. The number of anilines is 2. The molecule has 0 unspecified atom stereocenters. The Balaban J connectivity index is 2.70. The van der Waals surface area contributed by atoms with Gasteiger partial charge in [-0.1, -0.05) is 0 Å².